The highest BCUT2D eigenvalue weighted by molar-refractivity contribution is 9.10. The van der Waals surface area contributed by atoms with Gasteiger partial charge in [0.05, 0.1) is 5.75 Å². The van der Waals surface area contributed by atoms with E-state index in [0.717, 1.165) is 45.9 Å². The van der Waals surface area contributed by atoms with E-state index in [1.165, 1.54) is 5.56 Å². The SMILES string of the molecule is C[C@@H](C(=O)NC1CCCC1)N(Cc1cccc(Br)c1)C(=O)CSCc1ccc(Br)cc1. The second-order valence-corrected chi connectivity index (χ2v) is 10.8. The molecule has 31 heavy (non-hydrogen) atoms. The van der Waals surface area contributed by atoms with Crippen LogP contribution in [0, 0.1) is 0 Å². The number of carbonyl (C=O) groups excluding carboxylic acids is 2. The molecule has 2 aromatic carbocycles. The third kappa shape index (κ3) is 7.65. The van der Waals surface area contributed by atoms with Crippen LogP contribution in [0.1, 0.15) is 43.7 Å². The highest BCUT2D eigenvalue weighted by atomic mass is 79.9. The smallest absolute Gasteiger partial charge is 0.242 e. The number of hydrogen-bond acceptors (Lipinski definition) is 3. The van der Waals surface area contributed by atoms with Gasteiger partial charge in [0.25, 0.3) is 0 Å². The highest BCUT2D eigenvalue weighted by Crippen LogP contribution is 2.21. The van der Waals surface area contributed by atoms with Gasteiger partial charge in [-0.1, -0.05) is 69.0 Å². The van der Waals surface area contributed by atoms with E-state index >= 15 is 0 Å². The van der Waals surface area contributed by atoms with Crippen molar-refractivity contribution in [3.05, 3.63) is 68.6 Å². The lowest BCUT2D eigenvalue weighted by Gasteiger charge is -2.29. The van der Waals surface area contributed by atoms with Crippen molar-refractivity contribution >= 4 is 55.4 Å². The van der Waals surface area contributed by atoms with E-state index in [4.69, 9.17) is 0 Å². The van der Waals surface area contributed by atoms with Crippen molar-refractivity contribution in [3.8, 4) is 0 Å². The van der Waals surface area contributed by atoms with E-state index in [0.29, 0.717) is 12.3 Å². The van der Waals surface area contributed by atoms with Crippen LogP contribution in [0.25, 0.3) is 0 Å². The summed E-state index contributed by atoms with van der Waals surface area (Å²) in [5, 5.41) is 3.15. The van der Waals surface area contributed by atoms with Gasteiger partial charge in [-0.25, -0.2) is 0 Å². The Hall–Kier alpha value is -1.31. The first-order valence-corrected chi connectivity index (χ1v) is 13.3. The van der Waals surface area contributed by atoms with Gasteiger partial charge in [-0.2, -0.15) is 0 Å². The van der Waals surface area contributed by atoms with Crippen LogP contribution in [0.3, 0.4) is 0 Å². The van der Waals surface area contributed by atoms with Crippen LogP contribution in [-0.2, 0) is 21.9 Å². The Balaban J connectivity index is 1.65. The number of hydrogen-bond donors (Lipinski definition) is 1. The van der Waals surface area contributed by atoms with E-state index in [2.05, 4.69) is 49.3 Å². The van der Waals surface area contributed by atoms with Gasteiger partial charge in [-0.15, -0.1) is 11.8 Å². The first-order valence-electron chi connectivity index (χ1n) is 10.6. The lowest BCUT2D eigenvalue weighted by molar-refractivity contribution is -0.138. The Bertz CT molecular complexity index is 885. The molecule has 0 unspecified atom stereocenters. The molecule has 0 saturated heterocycles. The van der Waals surface area contributed by atoms with Gasteiger partial charge in [-0.3, -0.25) is 9.59 Å². The fraction of sp³-hybridized carbons (Fsp3) is 0.417. The van der Waals surface area contributed by atoms with Crippen molar-refractivity contribution in [3.63, 3.8) is 0 Å². The largest absolute Gasteiger partial charge is 0.352 e. The Morgan fingerprint density at radius 2 is 1.77 bits per heavy atom. The molecule has 2 aromatic rings. The molecule has 4 nitrogen and oxygen atoms in total. The zero-order valence-electron chi connectivity index (χ0n) is 17.7. The van der Waals surface area contributed by atoms with Gasteiger partial charge >= 0.3 is 0 Å². The van der Waals surface area contributed by atoms with E-state index in [1.54, 1.807) is 16.7 Å². The number of thioether (sulfide) groups is 1. The number of carbonyl (C=O) groups is 2. The first kappa shape index (κ1) is 24.3. The first-order chi connectivity index (χ1) is 14.9. The molecular weight excluding hydrogens is 540 g/mol. The van der Waals surface area contributed by atoms with Crippen molar-refractivity contribution in [2.24, 2.45) is 0 Å². The van der Waals surface area contributed by atoms with Crippen LogP contribution in [-0.4, -0.2) is 34.6 Å². The van der Waals surface area contributed by atoms with Crippen molar-refractivity contribution in [1.82, 2.24) is 10.2 Å². The molecule has 1 aliphatic rings. The molecule has 0 radical (unpaired) electrons. The minimum atomic E-state index is -0.514. The van der Waals surface area contributed by atoms with E-state index in [-0.39, 0.29) is 17.9 Å². The summed E-state index contributed by atoms with van der Waals surface area (Å²) in [6.07, 6.45) is 4.38. The summed E-state index contributed by atoms with van der Waals surface area (Å²) in [5.41, 5.74) is 2.17. The summed E-state index contributed by atoms with van der Waals surface area (Å²) in [4.78, 5) is 27.8. The predicted octanol–water partition coefficient (Wildman–Crippen LogP) is 5.92. The standard InChI is InChI=1S/C24H28Br2N2O2S/c1-17(24(30)27-22-7-2-3-8-22)28(14-19-5-4-6-21(26)13-19)23(29)16-31-15-18-9-11-20(25)12-10-18/h4-6,9-13,17,22H,2-3,7-8,14-16H2,1H3,(H,27,30)/t17-/m0/s1. The topological polar surface area (TPSA) is 49.4 Å². The average Bonchev–Trinajstić information content (AvgIpc) is 3.26. The fourth-order valence-corrected chi connectivity index (χ4v) is 5.31. The maximum Gasteiger partial charge on any atom is 0.242 e. The van der Waals surface area contributed by atoms with E-state index in [1.807, 2.05) is 43.3 Å². The lowest BCUT2D eigenvalue weighted by Crippen LogP contribution is -2.50. The van der Waals surface area contributed by atoms with Gasteiger partial charge in [0.2, 0.25) is 11.8 Å². The minimum absolute atomic E-state index is 0.0174. The third-order valence-corrected chi connectivity index (χ3v) is 7.53. The summed E-state index contributed by atoms with van der Waals surface area (Å²) in [7, 11) is 0. The molecule has 1 saturated carbocycles. The molecule has 1 atom stereocenters. The summed E-state index contributed by atoms with van der Waals surface area (Å²) in [6.45, 7) is 2.25. The molecule has 3 rings (SSSR count). The van der Waals surface area contributed by atoms with Gasteiger partial charge in [0.1, 0.15) is 6.04 Å². The second kappa shape index (κ2) is 12.1. The van der Waals surface area contributed by atoms with Crippen LogP contribution in [0.4, 0.5) is 0 Å². The molecule has 7 heteroatoms. The third-order valence-electron chi connectivity index (χ3n) is 5.52. The maximum absolute atomic E-state index is 13.2. The molecule has 166 valence electrons. The van der Waals surface area contributed by atoms with Crippen molar-refractivity contribution in [2.45, 2.75) is 57.0 Å². The van der Waals surface area contributed by atoms with E-state index in [9.17, 15) is 9.59 Å². The van der Waals surface area contributed by atoms with Crippen LogP contribution in [0.15, 0.2) is 57.5 Å². The van der Waals surface area contributed by atoms with Crippen molar-refractivity contribution < 1.29 is 9.59 Å². The van der Waals surface area contributed by atoms with E-state index < -0.39 is 6.04 Å². The Labute approximate surface area is 205 Å². The van der Waals surface area contributed by atoms with Crippen LogP contribution >= 0.6 is 43.6 Å². The van der Waals surface area contributed by atoms with Crippen molar-refractivity contribution in [1.29, 1.82) is 0 Å². The lowest BCUT2D eigenvalue weighted by atomic mass is 10.1. The Kier molecular flexibility index (Phi) is 9.48. The summed E-state index contributed by atoms with van der Waals surface area (Å²) < 4.78 is 2.00. The fourth-order valence-electron chi connectivity index (χ4n) is 3.73. The number of amides is 2. The van der Waals surface area contributed by atoms with Crippen molar-refractivity contribution in [2.75, 3.05) is 5.75 Å². The molecule has 1 fully saturated rings. The molecule has 1 N–H and O–H groups in total. The molecular formula is C24H28Br2N2O2S. The van der Waals surface area contributed by atoms with Crippen LogP contribution < -0.4 is 5.32 Å². The molecule has 0 spiro atoms. The average molecular weight is 568 g/mol. The quantitative estimate of drug-likeness (QED) is 0.409. The second-order valence-electron chi connectivity index (χ2n) is 7.94. The Morgan fingerprint density at radius 3 is 2.45 bits per heavy atom. The minimum Gasteiger partial charge on any atom is -0.352 e. The molecule has 0 aliphatic heterocycles. The zero-order valence-corrected chi connectivity index (χ0v) is 21.6. The molecule has 0 heterocycles. The molecule has 0 bridgehead atoms. The number of benzene rings is 2. The van der Waals surface area contributed by atoms with Gasteiger partial charge < -0.3 is 10.2 Å². The highest BCUT2D eigenvalue weighted by Gasteiger charge is 2.28. The molecule has 2 amide bonds. The maximum atomic E-state index is 13.2. The molecule has 1 aliphatic carbocycles. The number of nitrogens with zero attached hydrogens (tertiary/aromatic N) is 1. The van der Waals surface area contributed by atoms with Crippen LogP contribution in [0.5, 0.6) is 0 Å². The predicted molar refractivity (Wildman–Crippen MR) is 135 cm³/mol. The molecule has 0 aromatic heterocycles. The van der Waals surface area contributed by atoms with Gasteiger partial charge in [0.15, 0.2) is 0 Å². The monoisotopic (exact) mass is 566 g/mol. The van der Waals surface area contributed by atoms with Gasteiger partial charge in [-0.05, 0) is 55.2 Å². The number of rotatable bonds is 9. The zero-order chi connectivity index (χ0) is 22.2. The number of halogens is 2. The Morgan fingerprint density at radius 1 is 1.06 bits per heavy atom. The summed E-state index contributed by atoms with van der Waals surface area (Å²) in [6, 6.07) is 15.7. The van der Waals surface area contributed by atoms with Gasteiger partial charge in [0, 0.05) is 27.3 Å². The summed E-state index contributed by atoms with van der Waals surface area (Å²) in [5.74, 6) is 1.02. The number of nitrogens with one attached hydrogen (secondary N) is 1. The van der Waals surface area contributed by atoms with Crippen LogP contribution in [0.2, 0.25) is 0 Å². The summed E-state index contributed by atoms with van der Waals surface area (Å²) >= 11 is 8.52. The normalized spacial score (nSPS) is 14.9.